The van der Waals surface area contributed by atoms with Crippen molar-refractivity contribution in [1.29, 1.82) is 0 Å². The Morgan fingerprint density at radius 3 is 2.40 bits per heavy atom. The summed E-state index contributed by atoms with van der Waals surface area (Å²) in [5.74, 6) is 0.756. The number of benzene rings is 2. The Morgan fingerprint density at radius 1 is 1.00 bits per heavy atom. The zero-order valence-corrected chi connectivity index (χ0v) is 13.4. The lowest BCUT2D eigenvalue weighted by atomic mass is 10.2. The van der Waals surface area contributed by atoms with Crippen LogP contribution in [0.25, 0.3) is 0 Å². The van der Waals surface area contributed by atoms with Crippen LogP contribution in [-0.4, -0.2) is 23.2 Å². The van der Waals surface area contributed by atoms with Crippen LogP contribution in [0.4, 0.5) is 21.7 Å². The standard InChI is InChI=1S/C18H15FN4O2/c1-25-15-4-2-3-14(11-15)20-16-9-10-17(23-22-16)21-18(24)12-5-7-13(19)8-6-12/h2-11H,1H3,(H,20,22)(H,21,23,24). The van der Waals surface area contributed by atoms with Gasteiger partial charge in [-0.3, -0.25) is 4.79 Å². The Labute approximate surface area is 143 Å². The zero-order chi connectivity index (χ0) is 17.6. The van der Waals surface area contributed by atoms with E-state index < -0.39 is 5.82 Å². The number of halogens is 1. The Balaban J connectivity index is 1.65. The van der Waals surface area contributed by atoms with Gasteiger partial charge in [0.1, 0.15) is 11.6 Å². The largest absolute Gasteiger partial charge is 0.497 e. The molecule has 25 heavy (non-hydrogen) atoms. The molecule has 0 bridgehead atoms. The van der Waals surface area contributed by atoms with E-state index in [-0.39, 0.29) is 5.91 Å². The van der Waals surface area contributed by atoms with Gasteiger partial charge in [0.2, 0.25) is 0 Å². The fourth-order valence-electron chi connectivity index (χ4n) is 2.10. The van der Waals surface area contributed by atoms with E-state index in [0.717, 1.165) is 11.4 Å². The van der Waals surface area contributed by atoms with Crippen LogP contribution in [0, 0.1) is 5.82 Å². The number of carbonyl (C=O) groups is 1. The highest BCUT2D eigenvalue weighted by Crippen LogP contribution is 2.20. The number of ether oxygens (including phenoxy) is 1. The first-order valence-corrected chi connectivity index (χ1v) is 7.46. The molecule has 7 heteroatoms. The van der Waals surface area contributed by atoms with Gasteiger partial charge in [-0.2, -0.15) is 0 Å². The number of aromatic nitrogens is 2. The van der Waals surface area contributed by atoms with Gasteiger partial charge in [0.25, 0.3) is 5.91 Å². The Morgan fingerprint density at radius 2 is 1.72 bits per heavy atom. The van der Waals surface area contributed by atoms with Crippen molar-refractivity contribution in [3.63, 3.8) is 0 Å². The van der Waals surface area contributed by atoms with Crippen molar-refractivity contribution < 1.29 is 13.9 Å². The fraction of sp³-hybridized carbons (Fsp3) is 0.0556. The first kappa shape index (κ1) is 16.4. The van der Waals surface area contributed by atoms with Gasteiger partial charge in [0.15, 0.2) is 11.6 Å². The van der Waals surface area contributed by atoms with Gasteiger partial charge in [-0.05, 0) is 48.5 Å². The number of amides is 1. The number of anilines is 3. The zero-order valence-electron chi connectivity index (χ0n) is 13.4. The molecule has 1 heterocycles. The maximum Gasteiger partial charge on any atom is 0.256 e. The molecule has 0 aliphatic rings. The quantitative estimate of drug-likeness (QED) is 0.743. The van der Waals surface area contributed by atoms with E-state index in [0.29, 0.717) is 17.2 Å². The number of rotatable bonds is 5. The molecule has 0 spiro atoms. The first-order chi connectivity index (χ1) is 12.1. The van der Waals surface area contributed by atoms with Gasteiger partial charge in [-0.1, -0.05) is 6.07 Å². The van der Waals surface area contributed by atoms with Crippen molar-refractivity contribution in [3.8, 4) is 5.75 Å². The molecule has 0 radical (unpaired) electrons. The second-order valence-electron chi connectivity index (χ2n) is 5.12. The van der Waals surface area contributed by atoms with Crippen molar-refractivity contribution >= 4 is 23.2 Å². The minimum Gasteiger partial charge on any atom is -0.497 e. The van der Waals surface area contributed by atoms with Crippen LogP contribution >= 0.6 is 0 Å². The van der Waals surface area contributed by atoms with Crippen LogP contribution in [0.15, 0.2) is 60.7 Å². The average Bonchev–Trinajstić information content (AvgIpc) is 2.64. The van der Waals surface area contributed by atoms with Gasteiger partial charge in [0.05, 0.1) is 7.11 Å². The lowest BCUT2D eigenvalue weighted by molar-refractivity contribution is 0.102. The molecule has 3 aromatic rings. The van der Waals surface area contributed by atoms with Gasteiger partial charge in [-0.15, -0.1) is 10.2 Å². The predicted molar refractivity (Wildman–Crippen MR) is 92.7 cm³/mol. The number of nitrogens with one attached hydrogen (secondary N) is 2. The summed E-state index contributed by atoms with van der Waals surface area (Å²) < 4.78 is 18.0. The molecule has 0 aliphatic carbocycles. The van der Waals surface area contributed by atoms with E-state index in [4.69, 9.17) is 4.74 Å². The summed E-state index contributed by atoms with van der Waals surface area (Å²) in [4.78, 5) is 12.0. The molecule has 1 aromatic heterocycles. The molecule has 126 valence electrons. The molecule has 1 amide bonds. The normalized spacial score (nSPS) is 10.2. The van der Waals surface area contributed by atoms with Crippen molar-refractivity contribution in [2.75, 3.05) is 17.7 Å². The SMILES string of the molecule is COc1cccc(Nc2ccc(NC(=O)c3ccc(F)cc3)nn2)c1. The minimum absolute atomic E-state index is 0.297. The lowest BCUT2D eigenvalue weighted by Crippen LogP contribution is -2.13. The van der Waals surface area contributed by atoms with Gasteiger partial charge < -0.3 is 15.4 Å². The molecule has 2 aromatic carbocycles. The molecular weight excluding hydrogens is 323 g/mol. The second kappa shape index (κ2) is 7.39. The van der Waals surface area contributed by atoms with Crippen LogP contribution in [-0.2, 0) is 0 Å². The number of hydrogen-bond donors (Lipinski definition) is 2. The highest BCUT2D eigenvalue weighted by atomic mass is 19.1. The summed E-state index contributed by atoms with van der Waals surface area (Å²) in [5, 5.41) is 13.7. The van der Waals surface area contributed by atoms with Gasteiger partial charge in [0, 0.05) is 17.3 Å². The molecule has 0 fully saturated rings. The Kier molecular flexibility index (Phi) is 4.84. The second-order valence-corrected chi connectivity index (χ2v) is 5.12. The molecule has 0 unspecified atom stereocenters. The topological polar surface area (TPSA) is 76.1 Å². The highest BCUT2D eigenvalue weighted by Gasteiger charge is 2.07. The molecule has 6 nitrogen and oxygen atoms in total. The molecule has 0 saturated carbocycles. The summed E-state index contributed by atoms with van der Waals surface area (Å²) in [6, 6.07) is 15.9. The van der Waals surface area contributed by atoms with Crippen molar-refractivity contribution in [3.05, 3.63) is 72.0 Å². The molecule has 3 rings (SSSR count). The molecular formula is C18H15FN4O2. The minimum atomic E-state index is -0.399. The monoisotopic (exact) mass is 338 g/mol. The van der Waals surface area contributed by atoms with Crippen LogP contribution < -0.4 is 15.4 Å². The molecule has 2 N–H and O–H groups in total. The molecule has 0 saturated heterocycles. The summed E-state index contributed by atoms with van der Waals surface area (Å²) in [6.07, 6.45) is 0. The number of nitrogens with zero attached hydrogens (tertiary/aromatic N) is 2. The van der Waals surface area contributed by atoms with E-state index in [2.05, 4.69) is 20.8 Å². The van der Waals surface area contributed by atoms with Gasteiger partial charge in [-0.25, -0.2) is 4.39 Å². The number of hydrogen-bond acceptors (Lipinski definition) is 5. The Bertz CT molecular complexity index is 867. The van der Waals surface area contributed by atoms with Crippen LogP contribution in [0.2, 0.25) is 0 Å². The van der Waals surface area contributed by atoms with E-state index in [1.165, 1.54) is 24.3 Å². The molecule has 0 aliphatic heterocycles. The van der Waals surface area contributed by atoms with E-state index >= 15 is 0 Å². The van der Waals surface area contributed by atoms with Gasteiger partial charge >= 0.3 is 0 Å². The van der Waals surface area contributed by atoms with E-state index in [9.17, 15) is 9.18 Å². The van der Waals surface area contributed by atoms with Crippen LogP contribution in [0.5, 0.6) is 5.75 Å². The number of carbonyl (C=O) groups excluding carboxylic acids is 1. The fourth-order valence-corrected chi connectivity index (χ4v) is 2.10. The third-order valence-electron chi connectivity index (χ3n) is 3.35. The van der Waals surface area contributed by atoms with Crippen LogP contribution in [0.1, 0.15) is 10.4 Å². The van der Waals surface area contributed by atoms with Crippen molar-refractivity contribution in [2.24, 2.45) is 0 Å². The summed E-state index contributed by atoms with van der Waals surface area (Å²) in [5.41, 5.74) is 1.14. The lowest BCUT2D eigenvalue weighted by Gasteiger charge is -2.08. The number of methoxy groups -OCH3 is 1. The maximum absolute atomic E-state index is 12.9. The first-order valence-electron chi connectivity index (χ1n) is 7.46. The third kappa shape index (κ3) is 4.29. The third-order valence-corrected chi connectivity index (χ3v) is 3.35. The highest BCUT2D eigenvalue weighted by molar-refractivity contribution is 6.03. The van der Waals surface area contributed by atoms with E-state index in [1.54, 1.807) is 19.2 Å². The summed E-state index contributed by atoms with van der Waals surface area (Å²) in [7, 11) is 1.59. The average molecular weight is 338 g/mol. The summed E-state index contributed by atoms with van der Waals surface area (Å²) >= 11 is 0. The van der Waals surface area contributed by atoms with Crippen molar-refractivity contribution in [2.45, 2.75) is 0 Å². The summed E-state index contributed by atoms with van der Waals surface area (Å²) in [6.45, 7) is 0. The molecule has 0 atom stereocenters. The van der Waals surface area contributed by atoms with Crippen LogP contribution in [0.3, 0.4) is 0 Å². The maximum atomic E-state index is 12.9. The predicted octanol–water partition coefficient (Wildman–Crippen LogP) is 3.62. The smallest absolute Gasteiger partial charge is 0.256 e. The van der Waals surface area contributed by atoms with E-state index in [1.807, 2.05) is 24.3 Å². The van der Waals surface area contributed by atoms with Crippen molar-refractivity contribution in [1.82, 2.24) is 10.2 Å². The Hall–Kier alpha value is -3.48.